The van der Waals surface area contributed by atoms with Crippen LogP contribution >= 0.6 is 8.60 Å². The fourth-order valence-corrected chi connectivity index (χ4v) is 2.94. The summed E-state index contributed by atoms with van der Waals surface area (Å²) in [6, 6.07) is 14.7. The van der Waals surface area contributed by atoms with Gasteiger partial charge in [-0.15, -0.1) is 0 Å². The van der Waals surface area contributed by atoms with Crippen molar-refractivity contribution in [3.05, 3.63) is 64.2 Å². The lowest BCUT2D eigenvalue weighted by Gasteiger charge is -2.12. The van der Waals surface area contributed by atoms with Crippen LogP contribution in [0.25, 0.3) is 11.1 Å². The van der Waals surface area contributed by atoms with Crippen LogP contribution in [0.2, 0.25) is 0 Å². The molecular weight excluding hydrogens is 353 g/mol. The topological polar surface area (TPSA) is 70.8 Å². The molecule has 142 valence electrons. The van der Waals surface area contributed by atoms with E-state index in [1.54, 1.807) is 12.1 Å². The number of benzene rings is 2. The first kappa shape index (κ1) is 22.2. The zero-order valence-corrected chi connectivity index (χ0v) is 16.6. The van der Waals surface area contributed by atoms with Crippen LogP contribution in [0.1, 0.15) is 26.3 Å². The molecule has 2 aromatic rings. The summed E-state index contributed by atoms with van der Waals surface area (Å²) >= 11 is 0. The van der Waals surface area contributed by atoms with E-state index in [0.717, 1.165) is 11.1 Å². The van der Waals surface area contributed by atoms with Crippen LogP contribution in [0.4, 0.5) is 5.69 Å². The van der Waals surface area contributed by atoms with Crippen LogP contribution in [0.5, 0.6) is 0 Å². The summed E-state index contributed by atoms with van der Waals surface area (Å²) < 4.78 is 15.4. The average Bonchev–Trinajstić information content (AvgIpc) is 2.63. The summed E-state index contributed by atoms with van der Waals surface area (Å²) in [6.07, 6.45) is 0. The Morgan fingerprint density at radius 1 is 0.923 bits per heavy atom. The molecule has 0 unspecified atom stereocenters. The Balaban J connectivity index is 0.000000294. The van der Waals surface area contributed by atoms with Gasteiger partial charge in [0, 0.05) is 6.07 Å². The van der Waals surface area contributed by atoms with Crippen molar-refractivity contribution < 1.29 is 18.5 Å². The lowest BCUT2D eigenvalue weighted by Crippen LogP contribution is -1.94. The normalized spacial score (nSPS) is 10.3. The lowest BCUT2D eigenvalue weighted by atomic mass is 10.0. The zero-order valence-electron chi connectivity index (χ0n) is 15.7. The third-order valence-corrected chi connectivity index (χ3v) is 4.55. The Kier molecular flexibility index (Phi) is 10.7. The van der Waals surface area contributed by atoms with Crippen molar-refractivity contribution in [2.24, 2.45) is 0 Å². The van der Waals surface area contributed by atoms with Gasteiger partial charge < -0.3 is 13.6 Å². The molecule has 26 heavy (non-hydrogen) atoms. The summed E-state index contributed by atoms with van der Waals surface area (Å²) in [5, 5.41) is 11.0. The van der Waals surface area contributed by atoms with Crippen LogP contribution in [-0.4, -0.2) is 24.7 Å². The Labute approximate surface area is 156 Å². The maximum absolute atomic E-state index is 11.0. The predicted molar refractivity (Wildman–Crippen MR) is 105 cm³/mol. The van der Waals surface area contributed by atoms with Crippen molar-refractivity contribution in [3.8, 4) is 11.1 Å². The van der Waals surface area contributed by atoms with Crippen molar-refractivity contribution in [1.29, 1.82) is 0 Å². The fourth-order valence-electron chi connectivity index (χ4n) is 2.08. The molecular formula is C19H26NO5P. The first-order valence-electron chi connectivity index (χ1n) is 8.52. The quantitative estimate of drug-likeness (QED) is 0.325. The van der Waals surface area contributed by atoms with Gasteiger partial charge in [-0.25, -0.2) is 0 Å². The van der Waals surface area contributed by atoms with E-state index >= 15 is 0 Å². The highest BCUT2D eigenvalue weighted by molar-refractivity contribution is 7.41. The second-order valence-corrected chi connectivity index (χ2v) is 6.34. The molecule has 0 saturated heterocycles. The molecule has 0 radical (unpaired) electrons. The van der Waals surface area contributed by atoms with Crippen molar-refractivity contribution in [2.75, 3.05) is 19.8 Å². The number of aryl methyl sites for hydroxylation is 1. The third-order valence-electron chi connectivity index (χ3n) is 3.14. The van der Waals surface area contributed by atoms with Gasteiger partial charge in [-0.2, -0.15) is 0 Å². The molecule has 0 bridgehead atoms. The summed E-state index contributed by atoms with van der Waals surface area (Å²) in [5.74, 6) is 0. The number of nitrogens with zero attached hydrogens (tertiary/aromatic N) is 1. The molecule has 0 fully saturated rings. The number of rotatable bonds is 8. The van der Waals surface area contributed by atoms with Crippen molar-refractivity contribution in [1.82, 2.24) is 0 Å². The van der Waals surface area contributed by atoms with Gasteiger partial charge in [-0.3, -0.25) is 10.1 Å². The van der Waals surface area contributed by atoms with Gasteiger partial charge in [0.25, 0.3) is 5.69 Å². The molecule has 2 rings (SSSR count). The molecule has 0 heterocycles. The van der Waals surface area contributed by atoms with Crippen LogP contribution in [0.15, 0.2) is 48.5 Å². The van der Waals surface area contributed by atoms with Crippen LogP contribution < -0.4 is 0 Å². The first-order valence-corrected chi connectivity index (χ1v) is 9.62. The Morgan fingerprint density at radius 2 is 1.46 bits per heavy atom. The van der Waals surface area contributed by atoms with Crippen LogP contribution in [-0.2, 0) is 13.6 Å². The smallest absolute Gasteiger partial charge is 0.313 e. The molecule has 0 aliphatic rings. The van der Waals surface area contributed by atoms with Gasteiger partial charge >= 0.3 is 8.60 Å². The van der Waals surface area contributed by atoms with Crippen LogP contribution in [0.3, 0.4) is 0 Å². The van der Waals surface area contributed by atoms with Gasteiger partial charge in [-0.05, 0) is 44.9 Å². The third kappa shape index (κ3) is 7.58. The largest absolute Gasteiger partial charge is 0.332 e. The fraction of sp³-hybridized carbons (Fsp3) is 0.368. The SMILES string of the molecule is CCOP(OCC)OCC.Cc1ccc(-c2ccccc2)c([N+](=O)[O-])c1. The van der Waals surface area contributed by atoms with Crippen molar-refractivity contribution in [2.45, 2.75) is 27.7 Å². The molecule has 0 aromatic heterocycles. The molecule has 2 aromatic carbocycles. The highest BCUT2D eigenvalue weighted by Crippen LogP contribution is 2.38. The lowest BCUT2D eigenvalue weighted by molar-refractivity contribution is -0.384. The van der Waals surface area contributed by atoms with Gasteiger partial charge in [0.1, 0.15) is 0 Å². The molecule has 0 aliphatic carbocycles. The Morgan fingerprint density at radius 3 is 1.92 bits per heavy atom. The summed E-state index contributed by atoms with van der Waals surface area (Å²) in [7, 11) is -1.06. The minimum Gasteiger partial charge on any atom is -0.313 e. The van der Waals surface area contributed by atoms with Crippen molar-refractivity contribution >= 4 is 14.3 Å². The number of hydrogen-bond acceptors (Lipinski definition) is 5. The number of nitro groups is 1. The van der Waals surface area contributed by atoms with E-state index in [2.05, 4.69) is 0 Å². The first-order chi connectivity index (χ1) is 12.5. The van der Waals surface area contributed by atoms with E-state index in [-0.39, 0.29) is 10.6 Å². The van der Waals surface area contributed by atoms with Gasteiger partial charge in [0.2, 0.25) is 0 Å². The van der Waals surface area contributed by atoms with Crippen molar-refractivity contribution in [3.63, 3.8) is 0 Å². The van der Waals surface area contributed by atoms with E-state index in [0.29, 0.717) is 25.4 Å². The van der Waals surface area contributed by atoms with E-state index in [4.69, 9.17) is 13.6 Å². The summed E-state index contributed by atoms with van der Waals surface area (Å²) in [4.78, 5) is 10.6. The average molecular weight is 379 g/mol. The molecule has 7 heteroatoms. The summed E-state index contributed by atoms with van der Waals surface area (Å²) in [5.41, 5.74) is 2.59. The molecule has 6 nitrogen and oxygen atoms in total. The second kappa shape index (κ2) is 12.5. The van der Waals surface area contributed by atoms with E-state index in [1.807, 2.05) is 64.1 Å². The minimum atomic E-state index is -1.06. The molecule has 0 atom stereocenters. The highest BCUT2D eigenvalue weighted by Gasteiger charge is 2.14. The summed E-state index contributed by atoms with van der Waals surface area (Å²) in [6.45, 7) is 9.55. The maximum Gasteiger partial charge on any atom is 0.332 e. The van der Waals surface area contributed by atoms with Gasteiger partial charge in [-0.1, -0.05) is 36.4 Å². The van der Waals surface area contributed by atoms with Crippen LogP contribution in [0, 0.1) is 17.0 Å². The minimum absolute atomic E-state index is 0.159. The van der Waals surface area contributed by atoms with E-state index < -0.39 is 8.60 Å². The molecule has 0 spiro atoms. The Hall–Kier alpha value is -1.85. The van der Waals surface area contributed by atoms with E-state index in [9.17, 15) is 10.1 Å². The van der Waals surface area contributed by atoms with Gasteiger partial charge in [0.15, 0.2) is 0 Å². The number of nitro benzene ring substituents is 1. The predicted octanol–water partition coefficient (Wildman–Crippen LogP) is 5.89. The van der Waals surface area contributed by atoms with Gasteiger partial charge in [0.05, 0.1) is 30.3 Å². The second-order valence-electron chi connectivity index (χ2n) is 5.12. The monoisotopic (exact) mass is 379 g/mol. The zero-order chi connectivity index (χ0) is 19.4. The maximum atomic E-state index is 11.0. The Bertz CT molecular complexity index is 652. The number of hydrogen-bond donors (Lipinski definition) is 0. The standard InChI is InChI=1S/C13H11NO2.C6H15O3P/c1-10-7-8-12(13(9-10)14(15)16)11-5-3-2-4-6-11;1-4-7-10(8-5-2)9-6-3/h2-9H,1H3;4-6H2,1-3H3. The molecule has 0 saturated carbocycles. The highest BCUT2D eigenvalue weighted by atomic mass is 31.2. The molecule has 0 aliphatic heterocycles. The van der Waals surface area contributed by atoms with E-state index in [1.165, 1.54) is 0 Å². The molecule has 0 amide bonds. The molecule has 0 N–H and O–H groups in total.